The Morgan fingerprint density at radius 3 is 2.56 bits per heavy atom. The molecule has 2 heteroatoms. The van der Waals surface area contributed by atoms with E-state index in [2.05, 4.69) is 0 Å². The van der Waals surface area contributed by atoms with Crippen LogP contribution in [0.1, 0.15) is 25.7 Å². The molecule has 9 heavy (non-hydrogen) atoms. The molecule has 0 aromatic heterocycles. The van der Waals surface area contributed by atoms with Gasteiger partial charge in [0.05, 0.1) is 6.10 Å². The van der Waals surface area contributed by atoms with Gasteiger partial charge in [-0.1, -0.05) is 6.42 Å². The Hall–Kier alpha value is -0.0800. The van der Waals surface area contributed by atoms with Gasteiger partial charge in [-0.25, -0.2) is 0 Å². The molecule has 0 unspecified atom stereocenters. The largest absolute Gasteiger partial charge is 0.396 e. The molecule has 2 N–H and O–H groups in total. The first-order valence-corrected chi connectivity index (χ1v) is 3.63. The Bertz CT molecular complexity index is 83.0. The van der Waals surface area contributed by atoms with Gasteiger partial charge < -0.3 is 10.2 Å². The van der Waals surface area contributed by atoms with Crippen molar-refractivity contribution in [2.75, 3.05) is 6.61 Å². The predicted octanol–water partition coefficient (Wildman–Crippen LogP) is 0.530. The van der Waals surface area contributed by atoms with Gasteiger partial charge in [-0.05, 0) is 25.2 Å². The Kier molecular flexibility index (Phi) is 2.49. The van der Waals surface area contributed by atoms with E-state index < -0.39 is 0 Å². The fraction of sp³-hybridized carbons (Fsp3) is 1.00. The van der Waals surface area contributed by atoms with E-state index >= 15 is 0 Å². The summed E-state index contributed by atoms with van der Waals surface area (Å²) in [6.07, 6.45) is 3.82. The zero-order valence-corrected chi connectivity index (χ0v) is 5.58. The smallest absolute Gasteiger partial charge is 0.0569 e. The van der Waals surface area contributed by atoms with Gasteiger partial charge in [-0.15, -0.1) is 0 Å². The van der Waals surface area contributed by atoms with Crippen LogP contribution >= 0.6 is 0 Å². The Labute approximate surface area is 55.5 Å². The molecule has 54 valence electrons. The highest BCUT2D eigenvalue weighted by Gasteiger charge is 2.23. The normalized spacial score (nSPS) is 35.3. The monoisotopic (exact) mass is 130 g/mol. The lowest BCUT2D eigenvalue weighted by Crippen LogP contribution is -2.13. The highest BCUT2D eigenvalue weighted by Crippen LogP contribution is 2.27. The van der Waals surface area contributed by atoms with Gasteiger partial charge in [-0.3, -0.25) is 0 Å². The molecule has 0 bridgehead atoms. The fourth-order valence-corrected chi connectivity index (χ4v) is 1.52. The van der Waals surface area contributed by atoms with Crippen LogP contribution in [0.15, 0.2) is 0 Å². The number of hydrogen-bond donors (Lipinski definition) is 2. The first-order valence-electron chi connectivity index (χ1n) is 3.63. The number of aliphatic hydroxyl groups is 2. The summed E-state index contributed by atoms with van der Waals surface area (Å²) in [4.78, 5) is 0. The molecule has 0 aromatic rings. The van der Waals surface area contributed by atoms with E-state index in [9.17, 15) is 5.11 Å². The molecular weight excluding hydrogens is 116 g/mol. The minimum atomic E-state index is -0.128. The summed E-state index contributed by atoms with van der Waals surface area (Å²) >= 11 is 0. The lowest BCUT2D eigenvalue weighted by molar-refractivity contribution is 0.113. The van der Waals surface area contributed by atoms with E-state index in [1.54, 1.807) is 0 Å². The molecule has 0 amide bonds. The van der Waals surface area contributed by atoms with Crippen LogP contribution in [0.2, 0.25) is 0 Å². The van der Waals surface area contributed by atoms with Crippen LogP contribution in [0.3, 0.4) is 0 Å². The fourth-order valence-electron chi connectivity index (χ4n) is 1.52. The second-order valence-corrected chi connectivity index (χ2v) is 2.77. The number of hydrogen-bond acceptors (Lipinski definition) is 2. The average molecular weight is 130 g/mol. The molecule has 0 saturated heterocycles. The molecule has 1 fully saturated rings. The standard InChI is InChI=1S/C7H14O2/c8-5-4-6-2-1-3-7(6)9/h6-9H,1-5H2/t6-,7-/m0/s1. The molecule has 2 atom stereocenters. The maximum absolute atomic E-state index is 9.21. The number of rotatable bonds is 2. The summed E-state index contributed by atoms with van der Waals surface area (Å²) in [6, 6.07) is 0. The third kappa shape index (κ3) is 1.66. The first kappa shape index (κ1) is 7.03. The van der Waals surface area contributed by atoms with E-state index in [4.69, 9.17) is 5.11 Å². The molecule has 0 spiro atoms. The van der Waals surface area contributed by atoms with Gasteiger partial charge in [0.1, 0.15) is 0 Å². The minimum Gasteiger partial charge on any atom is -0.396 e. The van der Waals surface area contributed by atoms with Crippen molar-refractivity contribution in [2.24, 2.45) is 5.92 Å². The van der Waals surface area contributed by atoms with Crippen LogP contribution in [0, 0.1) is 5.92 Å². The van der Waals surface area contributed by atoms with E-state index in [0.717, 1.165) is 25.7 Å². The Balaban J connectivity index is 2.22. The van der Waals surface area contributed by atoms with Gasteiger partial charge >= 0.3 is 0 Å². The van der Waals surface area contributed by atoms with Crippen molar-refractivity contribution in [1.82, 2.24) is 0 Å². The summed E-state index contributed by atoms with van der Waals surface area (Å²) in [6.45, 7) is 0.224. The molecule has 0 aromatic carbocycles. The van der Waals surface area contributed by atoms with Gasteiger partial charge in [-0.2, -0.15) is 0 Å². The molecule has 1 rings (SSSR count). The quantitative estimate of drug-likeness (QED) is 0.572. The van der Waals surface area contributed by atoms with Crippen molar-refractivity contribution in [3.8, 4) is 0 Å². The topological polar surface area (TPSA) is 40.5 Å². The lowest BCUT2D eigenvalue weighted by atomic mass is 10.0. The lowest BCUT2D eigenvalue weighted by Gasteiger charge is -2.10. The summed E-state index contributed by atoms with van der Waals surface area (Å²) in [5.41, 5.74) is 0. The highest BCUT2D eigenvalue weighted by atomic mass is 16.3. The third-order valence-electron chi connectivity index (χ3n) is 2.12. The summed E-state index contributed by atoms with van der Waals surface area (Å²) in [5, 5.41) is 17.7. The van der Waals surface area contributed by atoms with Crippen LogP contribution < -0.4 is 0 Å². The number of aliphatic hydroxyl groups excluding tert-OH is 2. The van der Waals surface area contributed by atoms with Gasteiger partial charge in [0, 0.05) is 6.61 Å². The highest BCUT2D eigenvalue weighted by molar-refractivity contribution is 4.75. The third-order valence-corrected chi connectivity index (χ3v) is 2.12. The van der Waals surface area contributed by atoms with E-state index in [0.29, 0.717) is 5.92 Å². The van der Waals surface area contributed by atoms with Crippen LogP contribution in [-0.4, -0.2) is 22.9 Å². The minimum absolute atomic E-state index is 0.128. The first-order chi connectivity index (χ1) is 4.34. The molecule has 0 radical (unpaired) electrons. The summed E-state index contributed by atoms with van der Waals surface area (Å²) < 4.78 is 0. The van der Waals surface area contributed by atoms with Crippen molar-refractivity contribution >= 4 is 0 Å². The van der Waals surface area contributed by atoms with Crippen molar-refractivity contribution < 1.29 is 10.2 Å². The maximum atomic E-state index is 9.21. The van der Waals surface area contributed by atoms with Crippen molar-refractivity contribution in [3.05, 3.63) is 0 Å². The van der Waals surface area contributed by atoms with Crippen molar-refractivity contribution in [2.45, 2.75) is 31.8 Å². The summed E-state index contributed by atoms with van der Waals surface area (Å²) in [7, 11) is 0. The molecule has 1 saturated carbocycles. The van der Waals surface area contributed by atoms with Crippen LogP contribution in [0.4, 0.5) is 0 Å². The zero-order valence-electron chi connectivity index (χ0n) is 5.58. The molecule has 2 nitrogen and oxygen atoms in total. The molecule has 1 aliphatic rings. The van der Waals surface area contributed by atoms with Crippen molar-refractivity contribution in [3.63, 3.8) is 0 Å². The van der Waals surface area contributed by atoms with E-state index in [1.165, 1.54) is 0 Å². The SMILES string of the molecule is OCC[C@@H]1CCC[C@@H]1O. The van der Waals surface area contributed by atoms with E-state index in [-0.39, 0.29) is 12.7 Å². The molecule has 0 heterocycles. The summed E-state index contributed by atoms with van der Waals surface area (Å²) in [5.74, 6) is 0.384. The average Bonchev–Trinajstić information content (AvgIpc) is 2.18. The molecule has 1 aliphatic carbocycles. The second-order valence-electron chi connectivity index (χ2n) is 2.77. The van der Waals surface area contributed by atoms with Gasteiger partial charge in [0.25, 0.3) is 0 Å². The second kappa shape index (κ2) is 3.18. The van der Waals surface area contributed by atoms with Crippen molar-refractivity contribution in [1.29, 1.82) is 0 Å². The Morgan fingerprint density at radius 2 is 2.11 bits per heavy atom. The van der Waals surface area contributed by atoms with Gasteiger partial charge in [0.15, 0.2) is 0 Å². The van der Waals surface area contributed by atoms with Gasteiger partial charge in [0.2, 0.25) is 0 Å². The van der Waals surface area contributed by atoms with Crippen LogP contribution in [0.25, 0.3) is 0 Å². The zero-order chi connectivity index (χ0) is 6.69. The molecular formula is C7H14O2. The molecule has 0 aliphatic heterocycles. The predicted molar refractivity (Wildman–Crippen MR) is 35.1 cm³/mol. The Morgan fingerprint density at radius 1 is 1.33 bits per heavy atom. The van der Waals surface area contributed by atoms with Crippen LogP contribution in [-0.2, 0) is 0 Å². The van der Waals surface area contributed by atoms with Crippen LogP contribution in [0.5, 0.6) is 0 Å². The van der Waals surface area contributed by atoms with E-state index in [1.807, 2.05) is 0 Å². The maximum Gasteiger partial charge on any atom is 0.0569 e.